The number of rotatable bonds is 5. The van der Waals surface area contributed by atoms with Crippen LogP contribution < -0.4 is 4.90 Å². The molecule has 0 unspecified atom stereocenters. The predicted molar refractivity (Wildman–Crippen MR) is 232 cm³/mol. The van der Waals surface area contributed by atoms with Crippen molar-refractivity contribution in [3.8, 4) is 33.4 Å². The van der Waals surface area contributed by atoms with Crippen LogP contribution in [0.2, 0.25) is 0 Å². The van der Waals surface area contributed by atoms with Gasteiger partial charge in [0.1, 0.15) is 11.2 Å². The second-order valence-corrected chi connectivity index (χ2v) is 15.3. The van der Waals surface area contributed by atoms with E-state index in [1.807, 2.05) is 0 Å². The Labute approximate surface area is 320 Å². The molecule has 0 spiro atoms. The molecule has 0 radical (unpaired) electrons. The first-order valence-corrected chi connectivity index (χ1v) is 19.1. The van der Waals surface area contributed by atoms with Crippen molar-refractivity contribution in [2.45, 2.75) is 19.3 Å². The Morgan fingerprint density at radius 1 is 0.418 bits per heavy atom. The lowest BCUT2D eigenvalue weighted by molar-refractivity contribution is 0.660. The summed E-state index contributed by atoms with van der Waals surface area (Å²) in [5.41, 5.74) is 15.0. The van der Waals surface area contributed by atoms with Gasteiger partial charge in [-0.1, -0.05) is 153 Å². The van der Waals surface area contributed by atoms with Crippen molar-refractivity contribution in [3.05, 3.63) is 199 Å². The lowest BCUT2D eigenvalue weighted by atomic mass is 9.82. The fourth-order valence-electron chi connectivity index (χ4n) is 9.15. The zero-order valence-electron chi connectivity index (χ0n) is 30.8. The summed E-state index contributed by atoms with van der Waals surface area (Å²) < 4.78 is 6.55. The fourth-order valence-corrected chi connectivity index (χ4v) is 9.15. The van der Waals surface area contributed by atoms with Crippen molar-refractivity contribution in [2.24, 2.45) is 0 Å². The molecular formula is C53H37NO. The Hall–Kier alpha value is -6.90. The zero-order chi connectivity index (χ0) is 36.7. The van der Waals surface area contributed by atoms with E-state index in [9.17, 15) is 0 Å². The highest BCUT2D eigenvalue weighted by atomic mass is 16.3. The number of nitrogens with zero attached hydrogens (tertiary/aromatic N) is 1. The predicted octanol–water partition coefficient (Wildman–Crippen LogP) is 15.0. The Morgan fingerprint density at radius 2 is 1.07 bits per heavy atom. The van der Waals surface area contributed by atoms with Crippen molar-refractivity contribution in [2.75, 3.05) is 4.90 Å². The number of furan rings is 1. The maximum absolute atomic E-state index is 6.55. The zero-order valence-corrected chi connectivity index (χ0v) is 30.8. The minimum absolute atomic E-state index is 0.141. The first-order chi connectivity index (χ1) is 27.0. The molecule has 0 saturated carbocycles. The van der Waals surface area contributed by atoms with Gasteiger partial charge in [-0.2, -0.15) is 0 Å². The molecule has 55 heavy (non-hydrogen) atoms. The molecule has 1 aliphatic rings. The Bertz CT molecular complexity index is 3120. The lowest BCUT2D eigenvalue weighted by Crippen LogP contribution is -2.17. The van der Waals surface area contributed by atoms with Gasteiger partial charge in [-0.05, 0) is 109 Å². The van der Waals surface area contributed by atoms with E-state index in [4.69, 9.17) is 4.42 Å². The molecule has 1 aromatic heterocycles. The molecule has 2 heteroatoms. The number of hydrogen-bond acceptors (Lipinski definition) is 2. The van der Waals surface area contributed by atoms with Gasteiger partial charge in [0.15, 0.2) is 0 Å². The number of benzene rings is 9. The quantitative estimate of drug-likeness (QED) is 0.177. The molecule has 0 fully saturated rings. The second-order valence-electron chi connectivity index (χ2n) is 15.3. The smallest absolute Gasteiger partial charge is 0.136 e. The maximum Gasteiger partial charge on any atom is 0.136 e. The van der Waals surface area contributed by atoms with Gasteiger partial charge >= 0.3 is 0 Å². The van der Waals surface area contributed by atoms with E-state index in [2.05, 4.69) is 207 Å². The summed E-state index contributed by atoms with van der Waals surface area (Å²) in [5.74, 6) is 0. The monoisotopic (exact) mass is 703 g/mol. The van der Waals surface area contributed by atoms with Crippen LogP contribution in [0.25, 0.3) is 76.9 Å². The molecule has 0 saturated heterocycles. The van der Waals surface area contributed by atoms with Gasteiger partial charge < -0.3 is 9.32 Å². The molecule has 2 nitrogen and oxygen atoms in total. The summed E-state index contributed by atoms with van der Waals surface area (Å²) in [5, 5.41) is 7.16. The number of anilines is 3. The van der Waals surface area contributed by atoms with E-state index in [1.165, 1.54) is 54.9 Å². The average Bonchev–Trinajstić information content (AvgIpc) is 3.72. The van der Waals surface area contributed by atoms with Crippen LogP contribution in [0.15, 0.2) is 192 Å². The second kappa shape index (κ2) is 12.1. The Morgan fingerprint density at radius 3 is 1.95 bits per heavy atom. The van der Waals surface area contributed by atoms with Gasteiger partial charge in [-0.25, -0.2) is 0 Å². The van der Waals surface area contributed by atoms with Crippen LogP contribution >= 0.6 is 0 Å². The molecule has 1 aliphatic carbocycles. The van der Waals surface area contributed by atoms with Crippen molar-refractivity contribution in [1.82, 2.24) is 0 Å². The van der Waals surface area contributed by atoms with Gasteiger partial charge in [0, 0.05) is 33.1 Å². The van der Waals surface area contributed by atoms with Crippen LogP contribution in [0.4, 0.5) is 17.1 Å². The van der Waals surface area contributed by atoms with Crippen LogP contribution in [0.1, 0.15) is 25.0 Å². The molecule has 11 rings (SSSR count). The fraction of sp³-hybridized carbons (Fsp3) is 0.0566. The standard InChI is InChI=1S/C53H37NO/c1-53(2)46-20-9-7-17-43(46)44-29-28-40(33-47(44)53)54(39-26-24-36(25-27-39)42-19-11-15-35-13-5-6-16-41(35)42)48-30-31-50-52(45-18-8-10-21-49(45)55-50)51(48)38-23-22-34-12-3-4-14-37(34)32-38/h3-33H,1-2H3. The van der Waals surface area contributed by atoms with Gasteiger partial charge in [0.2, 0.25) is 0 Å². The average molecular weight is 704 g/mol. The van der Waals surface area contributed by atoms with Crippen molar-refractivity contribution in [1.29, 1.82) is 0 Å². The van der Waals surface area contributed by atoms with E-state index < -0.39 is 0 Å². The van der Waals surface area contributed by atoms with Crippen LogP contribution in [0.5, 0.6) is 0 Å². The molecule has 0 N–H and O–H groups in total. The SMILES string of the molecule is CC1(C)c2ccccc2-c2ccc(N(c3ccc(-c4cccc5ccccc45)cc3)c3ccc4oc5ccccc5c4c3-c3ccc4ccccc4c3)cc21. The van der Waals surface area contributed by atoms with Gasteiger partial charge in [-0.15, -0.1) is 0 Å². The summed E-state index contributed by atoms with van der Waals surface area (Å²) in [7, 11) is 0. The molecule has 10 aromatic rings. The minimum Gasteiger partial charge on any atom is -0.456 e. The van der Waals surface area contributed by atoms with Crippen molar-refractivity contribution in [3.63, 3.8) is 0 Å². The van der Waals surface area contributed by atoms with Gasteiger partial charge in [-0.3, -0.25) is 0 Å². The van der Waals surface area contributed by atoms with Crippen LogP contribution in [0.3, 0.4) is 0 Å². The van der Waals surface area contributed by atoms with Crippen molar-refractivity contribution >= 4 is 60.5 Å². The highest BCUT2D eigenvalue weighted by molar-refractivity contribution is 6.17. The molecular weight excluding hydrogens is 667 g/mol. The van der Waals surface area contributed by atoms with E-state index in [-0.39, 0.29) is 5.41 Å². The molecule has 0 aliphatic heterocycles. The third-order valence-corrected chi connectivity index (χ3v) is 11.9. The van der Waals surface area contributed by atoms with E-state index in [0.29, 0.717) is 0 Å². The van der Waals surface area contributed by atoms with Gasteiger partial charge in [0.25, 0.3) is 0 Å². The van der Waals surface area contributed by atoms with E-state index in [0.717, 1.165) is 50.1 Å². The summed E-state index contributed by atoms with van der Waals surface area (Å²) in [6.07, 6.45) is 0. The summed E-state index contributed by atoms with van der Waals surface area (Å²) in [6.45, 7) is 4.71. The molecule has 0 bridgehead atoms. The number of para-hydroxylation sites is 1. The molecule has 9 aromatic carbocycles. The maximum atomic E-state index is 6.55. The van der Waals surface area contributed by atoms with Crippen molar-refractivity contribution < 1.29 is 4.42 Å². The third kappa shape index (κ3) is 4.88. The summed E-state index contributed by atoms with van der Waals surface area (Å²) >= 11 is 0. The highest BCUT2D eigenvalue weighted by Gasteiger charge is 2.36. The van der Waals surface area contributed by atoms with Crippen LogP contribution in [-0.2, 0) is 5.41 Å². The molecule has 0 atom stereocenters. The lowest BCUT2D eigenvalue weighted by Gasteiger charge is -2.30. The minimum atomic E-state index is -0.141. The largest absolute Gasteiger partial charge is 0.456 e. The third-order valence-electron chi connectivity index (χ3n) is 11.9. The number of fused-ring (bicyclic) bond motifs is 8. The highest BCUT2D eigenvalue weighted by Crippen LogP contribution is 2.52. The summed E-state index contributed by atoms with van der Waals surface area (Å²) in [4.78, 5) is 2.46. The molecule has 0 amide bonds. The summed E-state index contributed by atoms with van der Waals surface area (Å²) in [6, 6.07) is 68.5. The Kier molecular flexibility index (Phi) is 6.93. The van der Waals surface area contributed by atoms with Crippen LogP contribution in [0, 0.1) is 0 Å². The Balaban J connectivity index is 1.18. The molecule has 1 heterocycles. The van der Waals surface area contributed by atoms with E-state index in [1.54, 1.807) is 0 Å². The van der Waals surface area contributed by atoms with Gasteiger partial charge in [0.05, 0.1) is 5.69 Å². The topological polar surface area (TPSA) is 16.4 Å². The number of hydrogen-bond donors (Lipinski definition) is 0. The first-order valence-electron chi connectivity index (χ1n) is 19.1. The first kappa shape index (κ1) is 31.6. The normalized spacial score (nSPS) is 13.1. The van der Waals surface area contributed by atoms with E-state index >= 15 is 0 Å². The molecule has 260 valence electrons. The van der Waals surface area contributed by atoms with Crippen LogP contribution in [-0.4, -0.2) is 0 Å².